The molecule has 0 fully saturated rings. The number of aromatic hydroxyl groups is 1. The first-order valence-corrected chi connectivity index (χ1v) is 6.97. The Labute approximate surface area is 135 Å². The molecule has 5 heteroatoms. The molecule has 0 saturated heterocycles. The maximum Gasteiger partial charge on any atom is 0.165 e. The molecule has 0 atom stereocenters. The molecule has 0 aliphatic heterocycles. The van der Waals surface area contributed by atoms with E-state index in [1.165, 1.54) is 7.11 Å². The molecule has 0 unspecified atom stereocenters. The van der Waals surface area contributed by atoms with Crippen LogP contribution in [0.3, 0.4) is 0 Å². The predicted octanol–water partition coefficient (Wildman–Crippen LogP) is 3.60. The molecule has 0 spiro atoms. The van der Waals surface area contributed by atoms with Crippen molar-refractivity contribution >= 4 is 12.2 Å². The van der Waals surface area contributed by atoms with Gasteiger partial charge in [0.1, 0.15) is 17.2 Å². The van der Waals surface area contributed by atoms with Crippen LogP contribution in [0.5, 0.6) is 28.7 Å². The maximum absolute atomic E-state index is 10.2. The number of phenolic OH excluding ortho intramolecular Hbond substituents is 1. The van der Waals surface area contributed by atoms with Gasteiger partial charge in [-0.15, -0.1) is 0 Å². The summed E-state index contributed by atoms with van der Waals surface area (Å²) in [5.41, 5.74) is 1.46. The van der Waals surface area contributed by atoms with Crippen molar-refractivity contribution in [3.05, 3.63) is 41.5 Å². The molecule has 0 aliphatic carbocycles. The lowest BCUT2D eigenvalue weighted by Crippen LogP contribution is -1.90. The van der Waals surface area contributed by atoms with Crippen LogP contribution in [0.1, 0.15) is 11.1 Å². The summed E-state index contributed by atoms with van der Waals surface area (Å²) in [5.74, 6) is 2.39. The Balaban J connectivity index is 2.40. The molecule has 2 aromatic carbocycles. The van der Waals surface area contributed by atoms with Crippen LogP contribution < -0.4 is 18.9 Å². The maximum atomic E-state index is 10.2. The largest absolute Gasteiger partial charge is 0.504 e. The molecule has 0 saturated carbocycles. The highest BCUT2D eigenvalue weighted by Gasteiger charge is 2.09. The first-order chi connectivity index (χ1) is 11.1. The molecule has 5 nitrogen and oxygen atoms in total. The Kier molecular flexibility index (Phi) is 5.36. The smallest absolute Gasteiger partial charge is 0.165 e. The number of hydrogen-bond acceptors (Lipinski definition) is 5. The predicted molar refractivity (Wildman–Crippen MR) is 89.7 cm³/mol. The van der Waals surface area contributed by atoms with Crippen molar-refractivity contribution in [1.29, 1.82) is 0 Å². The molecule has 2 aromatic rings. The van der Waals surface area contributed by atoms with Gasteiger partial charge in [-0.25, -0.2) is 0 Å². The first kappa shape index (κ1) is 16.5. The van der Waals surface area contributed by atoms with Crippen LogP contribution in [0.15, 0.2) is 30.3 Å². The average Bonchev–Trinajstić information content (AvgIpc) is 2.60. The lowest BCUT2D eigenvalue weighted by Gasteiger charge is -2.09. The van der Waals surface area contributed by atoms with Gasteiger partial charge in [0.2, 0.25) is 0 Å². The van der Waals surface area contributed by atoms with Crippen LogP contribution in [0.25, 0.3) is 12.2 Å². The Morgan fingerprint density at radius 1 is 0.696 bits per heavy atom. The van der Waals surface area contributed by atoms with Gasteiger partial charge in [0, 0.05) is 17.7 Å². The van der Waals surface area contributed by atoms with E-state index in [1.54, 1.807) is 45.6 Å². The van der Waals surface area contributed by atoms with Gasteiger partial charge < -0.3 is 24.1 Å². The van der Waals surface area contributed by atoms with Crippen LogP contribution >= 0.6 is 0 Å². The van der Waals surface area contributed by atoms with E-state index in [1.807, 2.05) is 18.2 Å². The second-order valence-electron chi connectivity index (χ2n) is 4.75. The topological polar surface area (TPSA) is 57.2 Å². The third-order valence-corrected chi connectivity index (χ3v) is 3.36. The summed E-state index contributed by atoms with van der Waals surface area (Å²) < 4.78 is 20.8. The standard InChI is InChI=1S/C18H20O5/c1-20-14-7-12(8-15(10-14)21-2)5-6-13-9-16(22-3)11-17(23-4)18(13)19/h5-11,19H,1-4H3/b6-5+. The van der Waals surface area contributed by atoms with E-state index in [0.29, 0.717) is 28.6 Å². The molecule has 0 aliphatic rings. The van der Waals surface area contributed by atoms with Crippen LogP contribution in [0, 0.1) is 0 Å². The van der Waals surface area contributed by atoms with Gasteiger partial charge >= 0.3 is 0 Å². The quantitative estimate of drug-likeness (QED) is 0.825. The molecular weight excluding hydrogens is 296 g/mol. The second kappa shape index (κ2) is 7.45. The van der Waals surface area contributed by atoms with Gasteiger partial charge in [-0.05, 0) is 23.8 Å². The summed E-state index contributed by atoms with van der Waals surface area (Å²) in [7, 11) is 6.25. The minimum absolute atomic E-state index is 0.0550. The Morgan fingerprint density at radius 3 is 1.78 bits per heavy atom. The Hall–Kier alpha value is -2.82. The molecule has 23 heavy (non-hydrogen) atoms. The molecular formula is C18H20O5. The fourth-order valence-corrected chi connectivity index (χ4v) is 2.12. The van der Waals surface area contributed by atoms with E-state index >= 15 is 0 Å². The molecule has 0 bridgehead atoms. The summed E-state index contributed by atoms with van der Waals surface area (Å²) in [6, 6.07) is 8.89. The molecule has 0 aromatic heterocycles. The van der Waals surface area contributed by atoms with Crippen LogP contribution in [-0.4, -0.2) is 33.5 Å². The number of phenols is 1. The van der Waals surface area contributed by atoms with Crippen molar-refractivity contribution in [3.63, 3.8) is 0 Å². The van der Waals surface area contributed by atoms with Gasteiger partial charge in [-0.3, -0.25) is 0 Å². The number of ether oxygens (including phenoxy) is 4. The molecule has 0 radical (unpaired) electrons. The fourth-order valence-electron chi connectivity index (χ4n) is 2.12. The number of rotatable bonds is 6. The minimum Gasteiger partial charge on any atom is -0.504 e. The van der Waals surface area contributed by atoms with Crippen molar-refractivity contribution in [1.82, 2.24) is 0 Å². The zero-order valence-corrected chi connectivity index (χ0v) is 13.6. The van der Waals surface area contributed by atoms with Crippen molar-refractivity contribution in [2.45, 2.75) is 0 Å². The highest BCUT2D eigenvalue weighted by molar-refractivity contribution is 5.76. The van der Waals surface area contributed by atoms with Crippen molar-refractivity contribution < 1.29 is 24.1 Å². The van der Waals surface area contributed by atoms with Gasteiger partial charge in [0.05, 0.1) is 28.4 Å². The van der Waals surface area contributed by atoms with Crippen molar-refractivity contribution in [2.24, 2.45) is 0 Å². The molecule has 2 rings (SSSR count). The third kappa shape index (κ3) is 3.88. The zero-order chi connectivity index (χ0) is 16.8. The number of benzene rings is 2. The van der Waals surface area contributed by atoms with E-state index < -0.39 is 0 Å². The van der Waals surface area contributed by atoms with Crippen LogP contribution in [-0.2, 0) is 0 Å². The normalized spacial score (nSPS) is 10.6. The van der Waals surface area contributed by atoms with Crippen molar-refractivity contribution in [2.75, 3.05) is 28.4 Å². The van der Waals surface area contributed by atoms with Crippen LogP contribution in [0.4, 0.5) is 0 Å². The van der Waals surface area contributed by atoms with E-state index in [0.717, 1.165) is 5.56 Å². The highest BCUT2D eigenvalue weighted by atomic mass is 16.5. The monoisotopic (exact) mass is 316 g/mol. The summed E-state index contributed by atoms with van der Waals surface area (Å²) >= 11 is 0. The van der Waals surface area contributed by atoms with Gasteiger partial charge in [-0.1, -0.05) is 12.2 Å². The van der Waals surface area contributed by atoms with E-state index in [-0.39, 0.29) is 5.75 Å². The molecule has 1 N–H and O–H groups in total. The number of hydrogen-bond donors (Lipinski definition) is 1. The van der Waals surface area contributed by atoms with E-state index in [2.05, 4.69) is 0 Å². The Bertz CT molecular complexity index is 685. The Morgan fingerprint density at radius 2 is 1.26 bits per heavy atom. The van der Waals surface area contributed by atoms with Crippen LogP contribution in [0.2, 0.25) is 0 Å². The third-order valence-electron chi connectivity index (χ3n) is 3.36. The second-order valence-corrected chi connectivity index (χ2v) is 4.75. The molecule has 122 valence electrons. The lowest BCUT2D eigenvalue weighted by molar-refractivity contribution is 0.363. The van der Waals surface area contributed by atoms with E-state index in [4.69, 9.17) is 18.9 Å². The first-order valence-electron chi connectivity index (χ1n) is 6.97. The SMILES string of the molecule is COc1cc(/C=C/c2cc(OC)cc(OC)c2O)cc(OC)c1. The molecule has 0 amide bonds. The van der Waals surface area contributed by atoms with Gasteiger partial charge in [0.25, 0.3) is 0 Å². The van der Waals surface area contributed by atoms with Crippen molar-refractivity contribution in [3.8, 4) is 28.7 Å². The summed E-state index contributed by atoms with van der Waals surface area (Å²) in [6.45, 7) is 0. The average molecular weight is 316 g/mol. The van der Waals surface area contributed by atoms with Gasteiger partial charge in [-0.2, -0.15) is 0 Å². The summed E-state index contributed by atoms with van der Waals surface area (Å²) in [6.07, 6.45) is 3.62. The molecule has 0 heterocycles. The minimum atomic E-state index is 0.0550. The van der Waals surface area contributed by atoms with Gasteiger partial charge in [0.15, 0.2) is 11.5 Å². The lowest BCUT2D eigenvalue weighted by atomic mass is 10.1. The van der Waals surface area contributed by atoms with E-state index in [9.17, 15) is 5.11 Å². The zero-order valence-electron chi connectivity index (χ0n) is 13.6. The fraction of sp³-hybridized carbons (Fsp3) is 0.222. The number of methoxy groups -OCH3 is 4. The highest BCUT2D eigenvalue weighted by Crippen LogP contribution is 2.35. The summed E-state index contributed by atoms with van der Waals surface area (Å²) in [4.78, 5) is 0. The summed E-state index contributed by atoms with van der Waals surface area (Å²) in [5, 5.41) is 10.2.